The fourth-order valence-corrected chi connectivity index (χ4v) is 2.28. The molecule has 0 aromatic heterocycles. The van der Waals surface area contributed by atoms with Crippen molar-refractivity contribution >= 4 is 6.09 Å². The van der Waals surface area contributed by atoms with E-state index >= 15 is 0 Å². The monoisotopic (exact) mass is 325 g/mol. The van der Waals surface area contributed by atoms with Gasteiger partial charge in [-0.2, -0.15) is 5.26 Å². The van der Waals surface area contributed by atoms with Crippen molar-refractivity contribution in [1.82, 2.24) is 10.6 Å². The van der Waals surface area contributed by atoms with Crippen molar-refractivity contribution in [3.8, 4) is 6.07 Å². The van der Waals surface area contributed by atoms with Crippen molar-refractivity contribution in [3.05, 3.63) is 0 Å². The summed E-state index contributed by atoms with van der Waals surface area (Å²) < 4.78 is 5.31. The fourth-order valence-electron chi connectivity index (χ4n) is 2.28. The van der Waals surface area contributed by atoms with E-state index in [0.717, 1.165) is 25.8 Å². The van der Waals surface area contributed by atoms with Gasteiger partial charge in [0.15, 0.2) is 0 Å². The van der Waals surface area contributed by atoms with Gasteiger partial charge in [-0.05, 0) is 45.4 Å². The Morgan fingerprint density at radius 1 is 1.09 bits per heavy atom. The van der Waals surface area contributed by atoms with Crippen LogP contribution in [0.15, 0.2) is 0 Å². The third kappa shape index (κ3) is 9.45. The lowest BCUT2D eigenvalue weighted by atomic mass is 9.85. The number of hydrogen-bond acceptors (Lipinski definition) is 4. The molecule has 0 saturated heterocycles. The number of hydrogen-bond donors (Lipinski definition) is 2. The first-order valence-electron chi connectivity index (χ1n) is 8.58. The zero-order valence-corrected chi connectivity index (χ0v) is 16.0. The van der Waals surface area contributed by atoms with Crippen molar-refractivity contribution < 1.29 is 9.53 Å². The van der Waals surface area contributed by atoms with E-state index in [4.69, 9.17) is 10.00 Å². The van der Waals surface area contributed by atoms with Gasteiger partial charge < -0.3 is 15.4 Å². The van der Waals surface area contributed by atoms with Gasteiger partial charge in [-0.15, -0.1) is 0 Å². The van der Waals surface area contributed by atoms with E-state index in [9.17, 15) is 4.79 Å². The number of rotatable bonds is 9. The first-order valence-corrected chi connectivity index (χ1v) is 8.58. The molecule has 0 radical (unpaired) electrons. The molecule has 0 rings (SSSR count). The van der Waals surface area contributed by atoms with Gasteiger partial charge in [-0.25, -0.2) is 4.79 Å². The number of nitrogens with one attached hydrogen (secondary N) is 2. The summed E-state index contributed by atoms with van der Waals surface area (Å²) in [4.78, 5) is 11.9. The molecule has 0 bridgehead atoms. The maximum absolute atomic E-state index is 11.9. The highest BCUT2D eigenvalue weighted by Gasteiger charge is 2.30. The predicted molar refractivity (Wildman–Crippen MR) is 94.2 cm³/mol. The minimum Gasteiger partial charge on any atom is -0.444 e. The number of nitriles is 1. The Morgan fingerprint density at radius 3 is 2.09 bits per heavy atom. The van der Waals surface area contributed by atoms with E-state index in [1.807, 2.05) is 20.8 Å². The SMILES string of the molecule is CCC(CC)(CNC(=O)OC(C)(C)C)NCC(C)(C)CCC#N. The molecule has 5 heteroatoms. The third-order valence-corrected chi connectivity index (χ3v) is 4.18. The topological polar surface area (TPSA) is 74.2 Å². The lowest BCUT2D eigenvalue weighted by Gasteiger charge is -2.37. The molecule has 0 aromatic carbocycles. The number of carbonyl (C=O) groups excluding carboxylic acids is 1. The Balaban J connectivity index is 4.62. The molecule has 0 saturated carbocycles. The fraction of sp³-hybridized carbons (Fsp3) is 0.889. The molecule has 0 fully saturated rings. The Labute approximate surface area is 142 Å². The molecule has 0 aliphatic carbocycles. The first-order chi connectivity index (χ1) is 10.5. The number of alkyl carbamates (subject to hydrolysis) is 1. The first kappa shape index (κ1) is 21.7. The van der Waals surface area contributed by atoms with Crippen LogP contribution < -0.4 is 10.6 Å². The van der Waals surface area contributed by atoms with Gasteiger partial charge in [-0.3, -0.25) is 0 Å². The van der Waals surface area contributed by atoms with Crippen LogP contribution in [0, 0.1) is 16.7 Å². The maximum Gasteiger partial charge on any atom is 0.407 e. The van der Waals surface area contributed by atoms with E-state index in [0.29, 0.717) is 13.0 Å². The summed E-state index contributed by atoms with van der Waals surface area (Å²) in [5.74, 6) is 0. The van der Waals surface area contributed by atoms with Gasteiger partial charge in [0.25, 0.3) is 0 Å². The van der Waals surface area contributed by atoms with Crippen LogP contribution in [0.2, 0.25) is 0 Å². The lowest BCUT2D eigenvalue weighted by molar-refractivity contribution is 0.0505. The highest BCUT2D eigenvalue weighted by Crippen LogP contribution is 2.23. The molecule has 0 heterocycles. The number of nitrogens with zero attached hydrogens (tertiary/aromatic N) is 1. The second-order valence-corrected chi connectivity index (χ2v) is 8.02. The maximum atomic E-state index is 11.9. The molecular weight excluding hydrogens is 290 g/mol. The van der Waals surface area contributed by atoms with Crippen LogP contribution in [0.1, 0.15) is 74.1 Å². The smallest absolute Gasteiger partial charge is 0.407 e. The van der Waals surface area contributed by atoms with Crippen LogP contribution in [-0.2, 0) is 4.74 Å². The number of amides is 1. The van der Waals surface area contributed by atoms with E-state index < -0.39 is 5.60 Å². The average Bonchev–Trinajstić information content (AvgIpc) is 2.44. The van der Waals surface area contributed by atoms with Crippen LogP contribution in [-0.4, -0.2) is 30.3 Å². The minimum atomic E-state index is -0.488. The molecule has 2 N–H and O–H groups in total. The Morgan fingerprint density at radius 2 is 1.65 bits per heavy atom. The second kappa shape index (κ2) is 9.12. The minimum absolute atomic E-state index is 0.0528. The average molecular weight is 325 g/mol. The summed E-state index contributed by atoms with van der Waals surface area (Å²) >= 11 is 0. The van der Waals surface area contributed by atoms with Gasteiger partial charge >= 0.3 is 6.09 Å². The molecule has 0 atom stereocenters. The Kier molecular flexibility index (Phi) is 8.61. The van der Waals surface area contributed by atoms with E-state index in [1.54, 1.807) is 0 Å². The van der Waals surface area contributed by atoms with Crippen molar-refractivity contribution in [2.45, 2.75) is 85.3 Å². The van der Waals surface area contributed by atoms with Crippen LogP contribution in [0.3, 0.4) is 0 Å². The predicted octanol–water partition coefficient (Wildman–Crippen LogP) is 3.99. The molecule has 23 heavy (non-hydrogen) atoms. The summed E-state index contributed by atoms with van der Waals surface area (Å²) in [5.41, 5.74) is -0.587. The molecule has 0 unspecified atom stereocenters. The van der Waals surface area contributed by atoms with Gasteiger partial charge in [0, 0.05) is 25.0 Å². The van der Waals surface area contributed by atoms with Crippen molar-refractivity contribution in [2.24, 2.45) is 5.41 Å². The van der Waals surface area contributed by atoms with Crippen molar-refractivity contribution in [1.29, 1.82) is 5.26 Å². The van der Waals surface area contributed by atoms with E-state index in [2.05, 4.69) is 44.4 Å². The molecule has 134 valence electrons. The van der Waals surface area contributed by atoms with Gasteiger partial charge in [0.1, 0.15) is 5.60 Å². The van der Waals surface area contributed by atoms with Crippen LogP contribution in [0.5, 0.6) is 0 Å². The summed E-state index contributed by atoms with van der Waals surface area (Å²) in [7, 11) is 0. The molecule has 5 nitrogen and oxygen atoms in total. The van der Waals surface area contributed by atoms with Crippen LogP contribution in [0.25, 0.3) is 0 Å². The zero-order valence-electron chi connectivity index (χ0n) is 16.0. The van der Waals surface area contributed by atoms with E-state index in [-0.39, 0.29) is 17.0 Å². The summed E-state index contributed by atoms with van der Waals surface area (Å²) in [6.07, 6.45) is 2.87. The Bertz CT molecular complexity index is 401. The normalized spacial score (nSPS) is 12.6. The summed E-state index contributed by atoms with van der Waals surface area (Å²) in [6.45, 7) is 15.5. The summed E-state index contributed by atoms with van der Waals surface area (Å²) in [6, 6.07) is 2.21. The number of carbonyl (C=O) groups is 1. The lowest BCUT2D eigenvalue weighted by Crippen LogP contribution is -2.55. The third-order valence-electron chi connectivity index (χ3n) is 4.18. The van der Waals surface area contributed by atoms with Crippen molar-refractivity contribution in [3.63, 3.8) is 0 Å². The number of ether oxygens (including phenoxy) is 1. The molecule has 0 aliphatic rings. The zero-order chi connectivity index (χ0) is 18.1. The quantitative estimate of drug-likeness (QED) is 0.672. The molecular formula is C18H35N3O2. The molecule has 1 amide bonds. The Hall–Kier alpha value is -1.28. The molecule has 0 aromatic rings. The van der Waals surface area contributed by atoms with Gasteiger partial charge in [0.2, 0.25) is 0 Å². The standard InChI is InChI=1S/C18H35N3O2/c1-8-18(9-2,14-20-15(22)23-16(3,4)5)21-13-17(6,7)11-10-12-19/h21H,8-11,13-14H2,1-7H3,(H,20,22). The van der Waals surface area contributed by atoms with Crippen molar-refractivity contribution in [2.75, 3.05) is 13.1 Å². The second-order valence-electron chi connectivity index (χ2n) is 8.02. The van der Waals surface area contributed by atoms with E-state index in [1.165, 1.54) is 0 Å². The van der Waals surface area contributed by atoms with Crippen LogP contribution in [0.4, 0.5) is 4.79 Å². The molecule has 0 aliphatic heterocycles. The van der Waals surface area contributed by atoms with Crippen LogP contribution >= 0.6 is 0 Å². The highest BCUT2D eigenvalue weighted by atomic mass is 16.6. The van der Waals surface area contributed by atoms with Gasteiger partial charge in [0.05, 0.1) is 6.07 Å². The van der Waals surface area contributed by atoms with Gasteiger partial charge in [-0.1, -0.05) is 27.7 Å². The summed E-state index contributed by atoms with van der Waals surface area (Å²) in [5, 5.41) is 15.3. The molecule has 0 spiro atoms. The highest BCUT2D eigenvalue weighted by molar-refractivity contribution is 5.67. The largest absolute Gasteiger partial charge is 0.444 e.